The highest BCUT2D eigenvalue weighted by Gasteiger charge is 2.08. The van der Waals surface area contributed by atoms with Crippen LogP contribution in [0.5, 0.6) is 5.75 Å². The number of pyridine rings is 1. The molecule has 2 aromatic rings. The van der Waals surface area contributed by atoms with Gasteiger partial charge in [-0.05, 0) is 57.4 Å². The highest BCUT2D eigenvalue weighted by atomic mass is 19.1. The van der Waals surface area contributed by atoms with E-state index in [4.69, 9.17) is 4.74 Å². The summed E-state index contributed by atoms with van der Waals surface area (Å²) in [6.45, 7) is 2.77. The van der Waals surface area contributed by atoms with E-state index >= 15 is 0 Å². The van der Waals surface area contributed by atoms with Gasteiger partial charge in [-0.2, -0.15) is 0 Å². The highest BCUT2D eigenvalue weighted by molar-refractivity contribution is 5.47. The Morgan fingerprint density at radius 3 is 2.50 bits per heavy atom. The molecule has 6 heteroatoms. The Morgan fingerprint density at radius 2 is 1.92 bits per heavy atom. The second kappa shape index (κ2) is 8.61. The zero-order valence-corrected chi connectivity index (χ0v) is 14.2. The van der Waals surface area contributed by atoms with Crippen LogP contribution in [-0.2, 0) is 0 Å². The molecular formula is C18H24FN3O2. The van der Waals surface area contributed by atoms with Crippen LogP contribution < -0.4 is 10.1 Å². The summed E-state index contributed by atoms with van der Waals surface area (Å²) in [5.41, 5.74) is 1.68. The van der Waals surface area contributed by atoms with E-state index in [0.717, 1.165) is 11.4 Å². The minimum atomic E-state index is -0.526. The van der Waals surface area contributed by atoms with Crippen molar-refractivity contribution in [3.8, 4) is 5.75 Å². The molecule has 0 spiro atoms. The topological polar surface area (TPSA) is 57.6 Å². The number of rotatable bonds is 8. The lowest BCUT2D eigenvalue weighted by Gasteiger charge is -2.17. The third kappa shape index (κ3) is 5.79. The minimum Gasteiger partial charge on any atom is -0.491 e. The number of anilines is 1. The summed E-state index contributed by atoms with van der Waals surface area (Å²) in [7, 11) is 3.81. The van der Waals surface area contributed by atoms with Gasteiger partial charge in [-0.3, -0.25) is 4.98 Å². The number of halogens is 1. The van der Waals surface area contributed by atoms with Crippen LogP contribution in [0.4, 0.5) is 10.1 Å². The lowest BCUT2D eigenvalue weighted by molar-refractivity contribution is 0.0831. The third-order valence-electron chi connectivity index (χ3n) is 3.45. The summed E-state index contributed by atoms with van der Waals surface area (Å²) >= 11 is 0. The number of hydrogen-bond acceptors (Lipinski definition) is 5. The van der Waals surface area contributed by atoms with E-state index < -0.39 is 6.10 Å². The number of aliphatic hydroxyl groups is 1. The highest BCUT2D eigenvalue weighted by Crippen LogP contribution is 2.21. The first-order valence-electron chi connectivity index (χ1n) is 7.87. The average molecular weight is 333 g/mol. The van der Waals surface area contributed by atoms with Gasteiger partial charge in [0, 0.05) is 12.2 Å². The van der Waals surface area contributed by atoms with E-state index in [9.17, 15) is 9.50 Å². The number of hydrogen-bond donors (Lipinski definition) is 2. The second-order valence-corrected chi connectivity index (χ2v) is 6.02. The van der Waals surface area contributed by atoms with Gasteiger partial charge in [-0.25, -0.2) is 4.39 Å². The summed E-state index contributed by atoms with van der Waals surface area (Å²) in [5.74, 6) is 0.356. The molecule has 1 aromatic carbocycles. The fraction of sp³-hybridized carbons (Fsp3) is 0.389. The van der Waals surface area contributed by atoms with Crippen LogP contribution >= 0.6 is 0 Å². The quantitative estimate of drug-likeness (QED) is 0.778. The maximum absolute atomic E-state index is 12.9. The lowest BCUT2D eigenvalue weighted by Crippen LogP contribution is -2.30. The first-order chi connectivity index (χ1) is 11.4. The molecule has 130 valence electrons. The number of aromatic nitrogens is 1. The summed E-state index contributed by atoms with van der Waals surface area (Å²) in [4.78, 5) is 5.98. The zero-order valence-electron chi connectivity index (χ0n) is 14.2. The van der Waals surface area contributed by atoms with Crippen molar-refractivity contribution in [2.75, 3.05) is 32.6 Å². The summed E-state index contributed by atoms with van der Waals surface area (Å²) in [5, 5.41) is 13.1. The molecule has 2 N–H and O–H groups in total. The van der Waals surface area contributed by atoms with E-state index in [1.807, 2.05) is 50.2 Å². The van der Waals surface area contributed by atoms with Crippen LogP contribution in [0.2, 0.25) is 0 Å². The Balaban J connectivity index is 1.86. The van der Waals surface area contributed by atoms with Crippen LogP contribution in [0.1, 0.15) is 18.7 Å². The van der Waals surface area contributed by atoms with E-state index in [2.05, 4.69) is 10.3 Å². The molecule has 0 saturated carbocycles. The van der Waals surface area contributed by atoms with Crippen molar-refractivity contribution in [2.24, 2.45) is 0 Å². The van der Waals surface area contributed by atoms with Crippen LogP contribution in [-0.4, -0.2) is 48.3 Å². The second-order valence-electron chi connectivity index (χ2n) is 6.02. The van der Waals surface area contributed by atoms with Crippen molar-refractivity contribution in [3.05, 3.63) is 54.1 Å². The Morgan fingerprint density at radius 1 is 1.21 bits per heavy atom. The van der Waals surface area contributed by atoms with E-state index in [1.165, 1.54) is 12.3 Å². The molecule has 2 atom stereocenters. The standard InChI is InChI=1S/C18H24FN3O2/c1-13(18-9-4-14(19)10-20-18)21-15-5-7-17(8-6-15)24-12-16(23)11-22(2)3/h4-10,13,16,21,23H,11-12H2,1-3H3. The van der Waals surface area contributed by atoms with E-state index in [-0.39, 0.29) is 18.5 Å². The smallest absolute Gasteiger partial charge is 0.141 e. The van der Waals surface area contributed by atoms with Gasteiger partial charge in [-0.1, -0.05) is 0 Å². The summed E-state index contributed by atoms with van der Waals surface area (Å²) < 4.78 is 18.5. The number of nitrogens with one attached hydrogen (secondary N) is 1. The minimum absolute atomic E-state index is 0.0423. The fourth-order valence-electron chi connectivity index (χ4n) is 2.28. The van der Waals surface area contributed by atoms with E-state index in [0.29, 0.717) is 12.3 Å². The maximum atomic E-state index is 12.9. The van der Waals surface area contributed by atoms with Gasteiger partial charge in [0.05, 0.1) is 17.9 Å². The molecule has 0 aliphatic heterocycles. The largest absolute Gasteiger partial charge is 0.491 e. The van der Waals surface area contributed by atoms with Crippen molar-refractivity contribution in [2.45, 2.75) is 19.1 Å². The number of likely N-dealkylation sites (N-methyl/N-ethyl adjacent to an activating group) is 1. The van der Waals surface area contributed by atoms with Gasteiger partial charge >= 0.3 is 0 Å². The Labute approximate surface area is 142 Å². The summed E-state index contributed by atoms with van der Waals surface area (Å²) in [6.07, 6.45) is 0.686. The van der Waals surface area contributed by atoms with Gasteiger partial charge in [0.15, 0.2) is 0 Å². The lowest BCUT2D eigenvalue weighted by atomic mass is 10.2. The monoisotopic (exact) mass is 333 g/mol. The predicted molar refractivity (Wildman–Crippen MR) is 92.7 cm³/mol. The normalized spacial score (nSPS) is 13.6. The van der Waals surface area contributed by atoms with Gasteiger partial charge in [0.25, 0.3) is 0 Å². The summed E-state index contributed by atoms with van der Waals surface area (Å²) in [6, 6.07) is 10.5. The van der Waals surface area contributed by atoms with E-state index in [1.54, 1.807) is 6.07 Å². The van der Waals surface area contributed by atoms with Crippen LogP contribution in [0, 0.1) is 5.82 Å². The van der Waals surface area contributed by atoms with Crippen LogP contribution in [0.3, 0.4) is 0 Å². The Kier molecular flexibility index (Phi) is 6.52. The molecule has 24 heavy (non-hydrogen) atoms. The Bertz CT molecular complexity index is 617. The molecule has 0 aliphatic carbocycles. The third-order valence-corrected chi connectivity index (χ3v) is 3.45. The molecule has 0 aliphatic rings. The molecule has 2 rings (SSSR count). The molecule has 0 radical (unpaired) electrons. The molecule has 0 amide bonds. The van der Waals surface area contributed by atoms with Gasteiger partial charge < -0.3 is 20.1 Å². The molecular weight excluding hydrogens is 309 g/mol. The molecule has 5 nitrogen and oxygen atoms in total. The number of benzene rings is 1. The Hall–Kier alpha value is -2.18. The number of nitrogens with zero attached hydrogens (tertiary/aromatic N) is 2. The van der Waals surface area contributed by atoms with Crippen molar-refractivity contribution in [1.29, 1.82) is 0 Å². The first kappa shape index (κ1) is 18.2. The molecule has 1 heterocycles. The van der Waals surface area contributed by atoms with Crippen molar-refractivity contribution in [3.63, 3.8) is 0 Å². The number of ether oxygens (including phenoxy) is 1. The van der Waals surface area contributed by atoms with Gasteiger partial charge in [-0.15, -0.1) is 0 Å². The fourth-order valence-corrected chi connectivity index (χ4v) is 2.28. The number of aliphatic hydroxyl groups excluding tert-OH is 1. The van der Waals surface area contributed by atoms with Crippen molar-refractivity contribution < 1.29 is 14.2 Å². The average Bonchev–Trinajstić information content (AvgIpc) is 2.54. The van der Waals surface area contributed by atoms with Gasteiger partial charge in [0.2, 0.25) is 0 Å². The molecule has 0 saturated heterocycles. The van der Waals surface area contributed by atoms with Crippen LogP contribution in [0.25, 0.3) is 0 Å². The molecule has 0 bridgehead atoms. The SMILES string of the molecule is CC(Nc1ccc(OCC(O)CN(C)C)cc1)c1ccc(F)cn1. The van der Waals surface area contributed by atoms with Crippen LogP contribution in [0.15, 0.2) is 42.6 Å². The van der Waals surface area contributed by atoms with Crippen molar-refractivity contribution in [1.82, 2.24) is 9.88 Å². The predicted octanol–water partition coefficient (Wildman–Crippen LogP) is 2.70. The first-order valence-corrected chi connectivity index (χ1v) is 7.87. The van der Waals surface area contributed by atoms with Crippen molar-refractivity contribution >= 4 is 5.69 Å². The molecule has 1 aromatic heterocycles. The molecule has 2 unspecified atom stereocenters. The molecule has 0 fully saturated rings. The van der Waals surface area contributed by atoms with Gasteiger partial charge in [0.1, 0.15) is 24.3 Å². The zero-order chi connectivity index (χ0) is 17.5. The maximum Gasteiger partial charge on any atom is 0.141 e.